The van der Waals surface area contributed by atoms with Crippen LogP contribution in [0.2, 0.25) is 0 Å². The Labute approximate surface area is 94.2 Å². The van der Waals surface area contributed by atoms with E-state index in [1.165, 1.54) is 0 Å². The van der Waals surface area contributed by atoms with Gasteiger partial charge in [-0.3, -0.25) is 4.79 Å². The lowest BCUT2D eigenvalue weighted by molar-refractivity contribution is 0.0520. The lowest BCUT2D eigenvalue weighted by Crippen LogP contribution is -2.45. The molecule has 0 saturated heterocycles. The van der Waals surface area contributed by atoms with E-state index < -0.39 is 0 Å². The fraction of sp³-hybridized carbons (Fsp3) is 0.545. The number of carbonyl (C=O) groups excluding carboxylic acids is 1. The molecule has 1 amide bonds. The third-order valence-corrected chi connectivity index (χ3v) is 3.05. The van der Waals surface area contributed by atoms with Gasteiger partial charge in [0, 0.05) is 24.5 Å². The molecule has 1 aromatic rings. The maximum Gasteiger partial charge on any atom is 0.270 e. The minimum atomic E-state index is -0.0737. The van der Waals surface area contributed by atoms with Crippen molar-refractivity contribution in [2.24, 2.45) is 0 Å². The van der Waals surface area contributed by atoms with Gasteiger partial charge in [0.05, 0.1) is 6.61 Å². The number of rotatable bonds is 4. The number of nitrogens with one attached hydrogen (secondary N) is 1. The average Bonchev–Trinajstić information content (AvgIpc) is 2.60. The summed E-state index contributed by atoms with van der Waals surface area (Å²) in [6.45, 7) is 0.390. The number of H-pyrrole nitrogens is 1. The number of aliphatic hydroxyl groups excluding tert-OH is 1. The minimum absolute atomic E-state index is 0.00156. The summed E-state index contributed by atoms with van der Waals surface area (Å²) in [6.07, 6.45) is 4.82. The molecule has 5 nitrogen and oxygen atoms in total. The lowest BCUT2D eigenvalue weighted by atomic mass is 9.91. The molecule has 0 bridgehead atoms. The van der Waals surface area contributed by atoms with Crippen molar-refractivity contribution in [2.75, 3.05) is 18.9 Å². The molecule has 16 heavy (non-hydrogen) atoms. The third-order valence-electron chi connectivity index (χ3n) is 3.05. The Morgan fingerprint density at radius 1 is 1.62 bits per heavy atom. The summed E-state index contributed by atoms with van der Waals surface area (Å²) in [5.41, 5.74) is 6.62. The second-order valence-electron chi connectivity index (χ2n) is 4.15. The van der Waals surface area contributed by atoms with Crippen LogP contribution in [0, 0.1) is 0 Å². The van der Waals surface area contributed by atoms with Crippen LogP contribution in [0.1, 0.15) is 29.8 Å². The number of aromatic nitrogens is 1. The highest BCUT2D eigenvalue weighted by atomic mass is 16.3. The van der Waals surface area contributed by atoms with Gasteiger partial charge in [-0.25, -0.2) is 0 Å². The van der Waals surface area contributed by atoms with Gasteiger partial charge in [0.25, 0.3) is 5.91 Å². The van der Waals surface area contributed by atoms with E-state index in [-0.39, 0.29) is 18.6 Å². The second-order valence-corrected chi connectivity index (χ2v) is 4.15. The van der Waals surface area contributed by atoms with Gasteiger partial charge in [-0.1, -0.05) is 0 Å². The summed E-state index contributed by atoms with van der Waals surface area (Å²) in [7, 11) is 0. The zero-order valence-corrected chi connectivity index (χ0v) is 9.15. The second kappa shape index (κ2) is 4.57. The molecule has 1 aromatic heterocycles. The predicted octanol–water partition coefficient (Wildman–Crippen LogP) is 0.584. The minimum Gasteiger partial charge on any atom is -0.397 e. The monoisotopic (exact) mass is 223 g/mol. The molecule has 1 aliphatic carbocycles. The van der Waals surface area contributed by atoms with Gasteiger partial charge >= 0.3 is 0 Å². The van der Waals surface area contributed by atoms with Crippen molar-refractivity contribution in [1.29, 1.82) is 0 Å². The lowest BCUT2D eigenvalue weighted by Gasteiger charge is -2.37. The van der Waals surface area contributed by atoms with Crippen LogP contribution in [-0.4, -0.2) is 40.1 Å². The van der Waals surface area contributed by atoms with E-state index in [9.17, 15) is 4.79 Å². The molecule has 1 heterocycles. The molecular formula is C11H17N3O2. The van der Waals surface area contributed by atoms with E-state index >= 15 is 0 Å². The van der Waals surface area contributed by atoms with Crippen molar-refractivity contribution >= 4 is 11.6 Å². The Bertz CT molecular complexity index is 371. The molecule has 1 saturated carbocycles. The van der Waals surface area contributed by atoms with E-state index in [1.54, 1.807) is 17.2 Å². The number of carbonyl (C=O) groups is 1. The van der Waals surface area contributed by atoms with Gasteiger partial charge in [-0.2, -0.15) is 0 Å². The molecular weight excluding hydrogens is 206 g/mol. The Hall–Kier alpha value is -1.49. The fourth-order valence-electron chi connectivity index (χ4n) is 1.95. The largest absolute Gasteiger partial charge is 0.397 e. The van der Waals surface area contributed by atoms with Gasteiger partial charge in [-0.15, -0.1) is 0 Å². The van der Waals surface area contributed by atoms with Gasteiger partial charge in [-0.05, 0) is 25.3 Å². The van der Waals surface area contributed by atoms with Crippen LogP contribution in [-0.2, 0) is 0 Å². The molecule has 1 fully saturated rings. The van der Waals surface area contributed by atoms with E-state index in [1.807, 2.05) is 0 Å². The molecule has 0 unspecified atom stereocenters. The predicted molar refractivity (Wildman–Crippen MR) is 61.0 cm³/mol. The van der Waals surface area contributed by atoms with E-state index in [0.717, 1.165) is 19.3 Å². The number of hydrogen-bond acceptors (Lipinski definition) is 3. The maximum atomic E-state index is 12.1. The molecule has 1 aliphatic rings. The van der Waals surface area contributed by atoms with Crippen molar-refractivity contribution in [3.8, 4) is 0 Å². The fourth-order valence-corrected chi connectivity index (χ4v) is 1.95. The topological polar surface area (TPSA) is 82.4 Å². The van der Waals surface area contributed by atoms with Gasteiger partial charge in [0.2, 0.25) is 0 Å². The summed E-state index contributed by atoms with van der Waals surface area (Å²) in [6, 6.07) is 1.91. The van der Waals surface area contributed by atoms with Crippen LogP contribution in [0.4, 0.5) is 5.69 Å². The quantitative estimate of drug-likeness (QED) is 0.698. The summed E-state index contributed by atoms with van der Waals surface area (Å²) in [4.78, 5) is 16.7. The van der Waals surface area contributed by atoms with E-state index in [4.69, 9.17) is 10.8 Å². The number of anilines is 1. The van der Waals surface area contributed by atoms with E-state index in [2.05, 4.69) is 4.98 Å². The van der Waals surface area contributed by atoms with Crippen molar-refractivity contribution < 1.29 is 9.90 Å². The summed E-state index contributed by atoms with van der Waals surface area (Å²) in [5.74, 6) is -0.0737. The molecule has 88 valence electrons. The molecule has 2 rings (SSSR count). The Kier molecular flexibility index (Phi) is 3.14. The van der Waals surface area contributed by atoms with Crippen molar-refractivity contribution in [2.45, 2.75) is 25.3 Å². The van der Waals surface area contributed by atoms with Crippen LogP contribution in [0.3, 0.4) is 0 Å². The number of aromatic amines is 1. The van der Waals surface area contributed by atoms with Crippen LogP contribution < -0.4 is 5.73 Å². The summed E-state index contributed by atoms with van der Waals surface area (Å²) >= 11 is 0. The average molecular weight is 223 g/mol. The number of aliphatic hydroxyl groups is 1. The molecule has 0 aromatic carbocycles. The van der Waals surface area contributed by atoms with Gasteiger partial charge in [0.15, 0.2) is 0 Å². The van der Waals surface area contributed by atoms with E-state index in [0.29, 0.717) is 17.9 Å². The molecule has 0 spiro atoms. The van der Waals surface area contributed by atoms with Crippen molar-refractivity contribution in [3.63, 3.8) is 0 Å². The third kappa shape index (κ3) is 2.04. The number of amides is 1. The van der Waals surface area contributed by atoms with Gasteiger partial charge < -0.3 is 20.7 Å². The first-order chi connectivity index (χ1) is 7.72. The first-order valence-corrected chi connectivity index (χ1v) is 5.58. The highest BCUT2D eigenvalue weighted by Crippen LogP contribution is 2.26. The standard InChI is InChI=1S/C11H17N3O2/c12-8-6-10(13-7-8)11(16)14(4-5-15)9-2-1-3-9/h6-7,9,13,15H,1-5,12H2. The zero-order valence-electron chi connectivity index (χ0n) is 9.15. The molecule has 0 aliphatic heterocycles. The number of nitrogen functional groups attached to an aromatic ring is 1. The smallest absolute Gasteiger partial charge is 0.270 e. The van der Waals surface area contributed by atoms with Crippen LogP contribution >= 0.6 is 0 Å². The first kappa shape index (κ1) is 11.0. The first-order valence-electron chi connectivity index (χ1n) is 5.58. The zero-order chi connectivity index (χ0) is 11.5. The molecule has 5 heteroatoms. The Balaban J connectivity index is 2.09. The summed E-state index contributed by atoms with van der Waals surface area (Å²) < 4.78 is 0. The number of nitrogens with zero attached hydrogens (tertiary/aromatic N) is 1. The Morgan fingerprint density at radius 2 is 2.38 bits per heavy atom. The van der Waals surface area contributed by atoms with Crippen LogP contribution in [0.15, 0.2) is 12.3 Å². The Morgan fingerprint density at radius 3 is 2.81 bits per heavy atom. The normalized spacial score (nSPS) is 15.8. The van der Waals surface area contributed by atoms with Gasteiger partial charge in [0.1, 0.15) is 5.69 Å². The maximum absolute atomic E-state index is 12.1. The SMILES string of the molecule is Nc1c[nH]c(C(=O)N(CCO)C2CCC2)c1. The van der Waals surface area contributed by atoms with Crippen molar-refractivity contribution in [3.05, 3.63) is 18.0 Å². The summed E-state index contributed by atoms with van der Waals surface area (Å²) in [5, 5.41) is 8.98. The van der Waals surface area contributed by atoms with Crippen LogP contribution in [0.25, 0.3) is 0 Å². The number of hydrogen-bond donors (Lipinski definition) is 3. The van der Waals surface area contributed by atoms with Crippen LogP contribution in [0.5, 0.6) is 0 Å². The molecule has 0 atom stereocenters. The van der Waals surface area contributed by atoms with Crippen molar-refractivity contribution in [1.82, 2.24) is 9.88 Å². The number of nitrogens with two attached hydrogens (primary N) is 1. The highest BCUT2D eigenvalue weighted by Gasteiger charge is 2.29. The molecule has 0 radical (unpaired) electrons. The highest BCUT2D eigenvalue weighted by molar-refractivity contribution is 5.93. The molecule has 4 N–H and O–H groups in total.